The molecule has 0 aliphatic carbocycles. The summed E-state index contributed by atoms with van der Waals surface area (Å²) >= 11 is 0. The number of piperidine rings is 1. The third kappa shape index (κ3) is 3.64. The van der Waals surface area contributed by atoms with E-state index in [1.165, 1.54) is 0 Å². The molecule has 1 aromatic rings. The molecule has 1 amide bonds. The van der Waals surface area contributed by atoms with Crippen molar-refractivity contribution in [3.05, 3.63) is 17.0 Å². The molecular formula is C18H30N4O2. The topological polar surface area (TPSA) is 50.6 Å². The third-order valence-corrected chi connectivity index (χ3v) is 5.59. The second kappa shape index (κ2) is 7.23. The Bertz CT molecular complexity index is 590. The van der Waals surface area contributed by atoms with Gasteiger partial charge in [0, 0.05) is 50.5 Å². The van der Waals surface area contributed by atoms with E-state index in [2.05, 4.69) is 16.9 Å². The number of aromatic nitrogens is 2. The maximum absolute atomic E-state index is 12.7. The van der Waals surface area contributed by atoms with Gasteiger partial charge in [0.15, 0.2) is 0 Å². The van der Waals surface area contributed by atoms with Crippen molar-refractivity contribution in [2.75, 3.05) is 32.8 Å². The summed E-state index contributed by atoms with van der Waals surface area (Å²) in [5.41, 5.74) is 3.16. The van der Waals surface area contributed by atoms with Crippen molar-refractivity contribution in [3.8, 4) is 0 Å². The van der Waals surface area contributed by atoms with E-state index in [1.54, 1.807) is 0 Å². The van der Waals surface area contributed by atoms with Crippen LogP contribution in [-0.4, -0.2) is 70.4 Å². The maximum Gasteiger partial charge on any atom is 0.227 e. The highest BCUT2D eigenvalue weighted by atomic mass is 16.5. The van der Waals surface area contributed by atoms with Crippen molar-refractivity contribution in [1.82, 2.24) is 19.6 Å². The number of hydrogen-bond donors (Lipinski definition) is 0. The number of nitrogens with zero attached hydrogens (tertiary/aromatic N) is 4. The highest BCUT2D eigenvalue weighted by molar-refractivity contribution is 5.79. The van der Waals surface area contributed by atoms with E-state index >= 15 is 0 Å². The van der Waals surface area contributed by atoms with Crippen LogP contribution in [0.5, 0.6) is 0 Å². The Morgan fingerprint density at radius 2 is 1.96 bits per heavy atom. The summed E-state index contributed by atoms with van der Waals surface area (Å²) in [7, 11) is 1.94. The Morgan fingerprint density at radius 1 is 1.25 bits per heavy atom. The summed E-state index contributed by atoms with van der Waals surface area (Å²) in [6.07, 6.45) is 2.95. The molecule has 6 nitrogen and oxygen atoms in total. The zero-order valence-corrected chi connectivity index (χ0v) is 15.4. The first kappa shape index (κ1) is 17.4. The minimum Gasteiger partial charge on any atom is -0.376 e. The van der Waals surface area contributed by atoms with E-state index in [0.29, 0.717) is 18.6 Å². The Balaban J connectivity index is 1.53. The molecule has 0 bridgehead atoms. The Kier molecular flexibility index (Phi) is 5.25. The van der Waals surface area contributed by atoms with Crippen LogP contribution < -0.4 is 0 Å². The van der Waals surface area contributed by atoms with Gasteiger partial charge in [-0.05, 0) is 33.6 Å². The molecule has 1 unspecified atom stereocenters. The second-order valence-corrected chi connectivity index (χ2v) is 7.24. The molecule has 3 heterocycles. The lowest BCUT2D eigenvalue weighted by Gasteiger charge is -2.41. The van der Waals surface area contributed by atoms with Crippen molar-refractivity contribution in [1.29, 1.82) is 0 Å². The lowest BCUT2D eigenvalue weighted by Crippen LogP contribution is -2.52. The predicted molar refractivity (Wildman–Crippen MR) is 93.0 cm³/mol. The molecule has 0 radical (unpaired) electrons. The fourth-order valence-electron chi connectivity index (χ4n) is 3.99. The zero-order chi connectivity index (χ0) is 17.3. The summed E-state index contributed by atoms with van der Waals surface area (Å²) in [5, 5.41) is 4.42. The number of rotatable bonds is 3. The van der Waals surface area contributed by atoms with Crippen molar-refractivity contribution >= 4 is 5.91 Å². The molecular weight excluding hydrogens is 304 g/mol. The predicted octanol–water partition coefficient (Wildman–Crippen LogP) is 1.29. The van der Waals surface area contributed by atoms with Gasteiger partial charge >= 0.3 is 0 Å². The highest BCUT2D eigenvalue weighted by Gasteiger charge is 2.29. The quantitative estimate of drug-likeness (QED) is 0.836. The molecule has 3 rings (SSSR count). The minimum absolute atomic E-state index is 0.239. The zero-order valence-electron chi connectivity index (χ0n) is 15.4. The lowest BCUT2D eigenvalue weighted by molar-refractivity contribution is -0.132. The smallest absolute Gasteiger partial charge is 0.227 e. The second-order valence-electron chi connectivity index (χ2n) is 7.24. The molecule has 6 heteroatoms. The van der Waals surface area contributed by atoms with Crippen LogP contribution in [0, 0.1) is 13.8 Å². The van der Waals surface area contributed by atoms with E-state index < -0.39 is 0 Å². The largest absolute Gasteiger partial charge is 0.376 e. The first-order valence-corrected chi connectivity index (χ1v) is 9.08. The molecule has 24 heavy (non-hydrogen) atoms. The third-order valence-electron chi connectivity index (χ3n) is 5.59. The van der Waals surface area contributed by atoms with Gasteiger partial charge in [0.25, 0.3) is 0 Å². The molecule has 2 aliphatic rings. The number of carbonyl (C=O) groups excluding carboxylic acids is 1. The van der Waals surface area contributed by atoms with Gasteiger partial charge in [-0.15, -0.1) is 0 Å². The summed E-state index contributed by atoms with van der Waals surface area (Å²) in [4.78, 5) is 17.3. The average molecular weight is 334 g/mol. The van der Waals surface area contributed by atoms with E-state index in [0.717, 1.165) is 62.6 Å². The van der Waals surface area contributed by atoms with Crippen LogP contribution in [-0.2, 0) is 23.0 Å². The molecule has 2 fully saturated rings. The lowest BCUT2D eigenvalue weighted by atomic mass is 10.0. The molecule has 2 saturated heterocycles. The molecule has 0 aromatic carbocycles. The molecule has 134 valence electrons. The summed E-state index contributed by atoms with van der Waals surface area (Å²) in [6, 6.07) is 0.599. The van der Waals surface area contributed by atoms with Gasteiger partial charge in [0.05, 0.1) is 24.8 Å². The van der Waals surface area contributed by atoms with Gasteiger partial charge in [0.2, 0.25) is 5.91 Å². The normalized spacial score (nSPS) is 23.7. The summed E-state index contributed by atoms with van der Waals surface area (Å²) < 4.78 is 7.50. The van der Waals surface area contributed by atoms with Crippen molar-refractivity contribution in [2.24, 2.45) is 7.05 Å². The fraction of sp³-hybridized carbons (Fsp3) is 0.778. The van der Waals surface area contributed by atoms with Gasteiger partial charge in [-0.25, -0.2) is 0 Å². The Morgan fingerprint density at radius 3 is 2.54 bits per heavy atom. The van der Waals surface area contributed by atoms with Crippen molar-refractivity contribution < 1.29 is 9.53 Å². The number of amides is 1. The van der Waals surface area contributed by atoms with Crippen LogP contribution in [0.4, 0.5) is 0 Å². The summed E-state index contributed by atoms with van der Waals surface area (Å²) in [6.45, 7) is 10.8. The van der Waals surface area contributed by atoms with Gasteiger partial charge in [0.1, 0.15) is 0 Å². The van der Waals surface area contributed by atoms with E-state index in [4.69, 9.17) is 4.74 Å². The minimum atomic E-state index is 0.239. The SMILES string of the molecule is Cc1nn(C)c(C)c1CC(=O)N1CCC(N2CCOC(C)C2)CC1. The van der Waals surface area contributed by atoms with Crippen LogP contribution in [0.15, 0.2) is 0 Å². The molecule has 0 N–H and O–H groups in total. The highest BCUT2D eigenvalue weighted by Crippen LogP contribution is 2.21. The number of morpholine rings is 1. The maximum atomic E-state index is 12.7. The van der Waals surface area contributed by atoms with Gasteiger partial charge < -0.3 is 9.64 Å². The first-order valence-electron chi connectivity index (χ1n) is 9.08. The van der Waals surface area contributed by atoms with Crippen LogP contribution in [0.1, 0.15) is 36.7 Å². The summed E-state index contributed by atoms with van der Waals surface area (Å²) in [5.74, 6) is 0.239. The van der Waals surface area contributed by atoms with Crippen molar-refractivity contribution in [3.63, 3.8) is 0 Å². The van der Waals surface area contributed by atoms with Crippen LogP contribution in [0.3, 0.4) is 0 Å². The Labute approximate surface area is 144 Å². The van der Waals surface area contributed by atoms with Crippen LogP contribution in [0.25, 0.3) is 0 Å². The van der Waals surface area contributed by atoms with Gasteiger partial charge in [-0.1, -0.05) is 0 Å². The van der Waals surface area contributed by atoms with Gasteiger partial charge in [-0.3, -0.25) is 14.4 Å². The van der Waals surface area contributed by atoms with Crippen LogP contribution in [0.2, 0.25) is 0 Å². The fourth-order valence-corrected chi connectivity index (χ4v) is 3.99. The molecule has 1 aromatic heterocycles. The number of carbonyl (C=O) groups is 1. The monoisotopic (exact) mass is 334 g/mol. The standard InChI is InChI=1S/C18H30N4O2/c1-13-12-22(9-10-24-13)16-5-7-21(8-6-16)18(23)11-17-14(2)19-20(4)15(17)3/h13,16H,5-12H2,1-4H3. The molecule has 0 saturated carbocycles. The van der Waals surface area contributed by atoms with E-state index in [9.17, 15) is 4.79 Å². The van der Waals surface area contributed by atoms with Crippen molar-refractivity contribution in [2.45, 2.75) is 52.2 Å². The number of likely N-dealkylation sites (tertiary alicyclic amines) is 1. The first-order chi connectivity index (χ1) is 11.5. The molecule has 0 spiro atoms. The molecule has 1 atom stereocenters. The molecule has 2 aliphatic heterocycles. The number of hydrogen-bond acceptors (Lipinski definition) is 4. The number of aryl methyl sites for hydroxylation is 2. The van der Waals surface area contributed by atoms with E-state index in [-0.39, 0.29) is 5.91 Å². The van der Waals surface area contributed by atoms with Crippen LogP contribution >= 0.6 is 0 Å². The number of ether oxygens (including phenoxy) is 1. The Hall–Kier alpha value is -1.40. The van der Waals surface area contributed by atoms with E-state index in [1.807, 2.05) is 30.5 Å². The van der Waals surface area contributed by atoms with Gasteiger partial charge in [-0.2, -0.15) is 5.10 Å². The average Bonchev–Trinajstić information content (AvgIpc) is 2.81.